The minimum Gasteiger partial charge on any atom is -0.481 e. The number of carbonyl (C=O) groups is 2. The monoisotopic (exact) mass is 344 g/mol. The first-order valence-electron chi connectivity index (χ1n) is 9.34. The second-order valence-electron chi connectivity index (χ2n) is 7.59. The van der Waals surface area contributed by atoms with E-state index in [1.807, 2.05) is 25.1 Å². The summed E-state index contributed by atoms with van der Waals surface area (Å²) >= 11 is 0. The van der Waals surface area contributed by atoms with E-state index in [1.54, 1.807) is 4.90 Å². The molecule has 0 radical (unpaired) electrons. The lowest BCUT2D eigenvalue weighted by molar-refractivity contribution is -0.149. The molecule has 2 aliphatic rings. The molecule has 2 aliphatic heterocycles. The van der Waals surface area contributed by atoms with Crippen LogP contribution in [0.25, 0.3) is 0 Å². The number of benzene rings is 1. The Hall–Kier alpha value is -1.88. The van der Waals surface area contributed by atoms with E-state index in [1.165, 1.54) is 5.56 Å². The number of hydrogen-bond acceptors (Lipinski definition) is 3. The molecule has 1 aromatic carbocycles. The number of amides is 1. The lowest BCUT2D eigenvalue weighted by atomic mass is 9.89. The molecular weight excluding hydrogens is 316 g/mol. The van der Waals surface area contributed by atoms with Crippen LogP contribution in [0.4, 0.5) is 0 Å². The van der Waals surface area contributed by atoms with Crippen molar-refractivity contribution in [3.63, 3.8) is 0 Å². The molecule has 2 heterocycles. The molecule has 5 nitrogen and oxygen atoms in total. The van der Waals surface area contributed by atoms with Crippen LogP contribution >= 0.6 is 0 Å². The van der Waals surface area contributed by atoms with Crippen LogP contribution in [0.1, 0.15) is 38.2 Å². The number of rotatable bonds is 4. The number of piperidine rings is 2. The summed E-state index contributed by atoms with van der Waals surface area (Å²) in [6.07, 6.45) is 3.71. The fraction of sp³-hybridized carbons (Fsp3) is 0.600. The molecule has 136 valence electrons. The lowest BCUT2D eigenvalue weighted by Crippen LogP contribution is -2.54. The molecule has 0 bridgehead atoms. The third-order valence-electron chi connectivity index (χ3n) is 5.45. The fourth-order valence-electron chi connectivity index (χ4n) is 4.20. The maximum Gasteiger partial charge on any atom is 0.308 e. The van der Waals surface area contributed by atoms with E-state index in [-0.39, 0.29) is 17.9 Å². The van der Waals surface area contributed by atoms with Gasteiger partial charge < -0.3 is 10.0 Å². The number of nitrogens with zero attached hydrogens (tertiary/aromatic N) is 2. The first kappa shape index (κ1) is 17.9. The molecule has 0 aromatic heterocycles. The van der Waals surface area contributed by atoms with Gasteiger partial charge in [-0.1, -0.05) is 43.7 Å². The highest BCUT2D eigenvalue weighted by molar-refractivity contribution is 5.83. The molecule has 2 saturated heterocycles. The smallest absolute Gasteiger partial charge is 0.308 e. The molecule has 0 aliphatic carbocycles. The molecule has 3 unspecified atom stereocenters. The molecule has 3 atom stereocenters. The van der Waals surface area contributed by atoms with E-state index < -0.39 is 11.9 Å². The maximum atomic E-state index is 13.2. The largest absolute Gasteiger partial charge is 0.481 e. The average molecular weight is 344 g/mol. The zero-order valence-electron chi connectivity index (χ0n) is 14.9. The van der Waals surface area contributed by atoms with E-state index in [0.29, 0.717) is 19.5 Å². The van der Waals surface area contributed by atoms with Gasteiger partial charge in [0, 0.05) is 19.6 Å². The van der Waals surface area contributed by atoms with Crippen LogP contribution in [0.5, 0.6) is 0 Å². The molecular formula is C20H28N2O3. The van der Waals surface area contributed by atoms with Gasteiger partial charge in [-0.05, 0) is 37.3 Å². The van der Waals surface area contributed by atoms with Crippen molar-refractivity contribution in [3.8, 4) is 0 Å². The highest BCUT2D eigenvalue weighted by Crippen LogP contribution is 2.26. The van der Waals surface area contributed by atoms with Crippen LogP contribution in [0, 0.1) is 11.8 Å². The van der Waals surface area contributed by atoms with Gasteiger partial charge in [-0.2, -0.15) is 0 Å². The van der Waals surface area contributed by atoms with Gasteiger partial charge in [0.2, 0.25) is 5.91 Å². The fourth-order valence-corrected chi connectivity index (χ4v) is 4.20. The van der Waals surface area contributed by atoms with E-state index in [9.17, 15) is 14.7 Å². The number of carboxylic acids is 1. The van der Waals surface area contributed by atoms with Crippen molar-refractivity contribution < 1.29 is 14.7 Å². The molecule has 1 aromatic rings. The molecule has 1 amide bonds. The first-order valence-corrected chi connectivity index (χ1v) is 9.34. The summed E-state index contributed by atoms with van der Waals surface area (Å²) in [5.74, 6) is -0.855. The maximum absolute atomic E-state index is 13.2. The Kier molecular flexibility index (Phi) is 5.74. The molecule has 25 heavy (non-hydrogen) atoms. The second kappa shape index (κ2) is 8.00. The van der Waals surface area contributed by atoms with Crippen molar-refractivity contribution in [1.82, 2.24) is 9.80 Å². The number of carbonyl (C=O) groups excluding carboxylic acids is 1. The predicted octanol–water partition coefficient (Wildman–Crippen LogP) is 2.61. The molecule has 2 fully saturated rings. The minimum atomic E-state index is -0.783. The third kappa shape index (κ3) is 4.40. The number of likely N-dealkylation sites (tertiary alicyclic amines) is 2. The van der Waals surface area contributed by atoms with Crippen molar-refractivity contribution in [2.75, 3.05) is 19.6 Å². The zero-order chi connectivity index (χ0) is 17.8. The number of carboxylic acid groups (broad SMARTS) is 1. The van der Waals surface area contributed by atoms with Crippen LogP contribution < -0.4 is 0 Å². The summed E-state index contributed by atoms with van der Waals surface area (Å²) in [5.41, 5.74) is 1.22. The van der Waals surface area contributed by atoms with Gasteiger partial charge in [0.05, 0.1) is 12.0 Å². The highest BCUT2D eigenvalue weighted by atomic mass is 16.4. The quantitative estimate of drug-likeness (QED) is 0.912. The van der Waals surface area contributed by atoms with Gasteiger partial charge in [0.15, 0.2) is 0 Å². The lowest BCUT2D eigenvalue weighted by Gasteiger charge is -2.41. The van der Waals surface area contributed by atoms with Crippen molar-refractivity contribution in [3.05, 3.63) is 35.9 Å². The molecule has 0 spiro atoms. The second-order valence-corrected chi connectivity index (χ2v) is 7.59. The summed E-state index contributed by atoms with van der Waals surface area (Å²) in [5, 5.41) is 9.36. The summed E-state index contributed by atoms with van der Waals surface area (Å²) in [6, 6.07) is 10.1. The molecule has 5 heteroatoms. The van der Waals surface area contributed by atoms with Gasteiger partial charge in [0.25, 0.3) is 0 Å². The van der Waals surface area contributed by atoms with Gasteiger partial charge in [0.1, 0.15) is 0 Å². The SMILES string of the molecule is CC1CC(C(=O)O)CN(C(=O)C2CCCCN2Cc2ccccc2)C1. The Bertz CT molecular complexity index is 604. The van der Waals surface area contributed by atoms with Gasteiger partial charge in [-0.15, -0.1) is 0 Å². The van der Waals surface area contributed by atoms with E-state index in [4.69, 9.17) is 0 Å². The molecule has 0 saturated carbocycles. The topological polar surface area (TPSA) is 60.9 Å². The van der Waals surface area contributed by atoms with Gasteiger partial charge in [-0.25, -0.2) is 0 Å². The standard InChI is InChI=1S/C20H28N2O3/c1-15-11-17(20(24)25)14-22(12-15)19(23)18-9-5-6-10-21(18)13-16-7-3-2-4-8-16/h2-4,7-8,15,17-18H,5-6,9-14H2,1H3,(H,24,25). The van der Waals surface area contributed by atoms with E-state index >= 15 is 0 Å². The van der Waals surface area contributed by atoms with Crippen LogP contribution in [-0.4, -0.2) is 52.5 Å². The Morgan fingerprint density at radius 2 is 1.92 bits per heavy atom. The zero-order valence-corrected chi connectivity index (χ0v) is 14.9. The first-order chi connectivity index (χ1) is 12.0. The van der Waals surface area contributed by atoms with Gasteiger partial charge in [-0.3, -0.25) is 14.5 Å². The molecule has 1 N–H and O–H groups in total. The summed E-state index contributed by atoms with van der Waals surface area (Å²) in [4.78, 5) is 28.6. The Morgan fingerprint density at radius 3 is 2.64 bits per heavy atom. The summed E-state index contributed by atoms with van der Waals surface area (Å²) in [6.45, 7) is 4.78. The predicted molar refractivity (Wildman–Crippen MR) is 96.0 cm³/mol. The normalized spacial score (nSPS) is 27.9. The highest BCUT2D eigenvalue weighted by Gasteiger charge is 2.37. The Morgan fingerprint density at radius 1 is 1.16 bits per heavy atom. The number of hydrogen-bond donors (Lipinski definition) is 1. The van der Waals surface area contributed by atoms with E-state index in [0.717, 1.165) is 32.4 Å². The number of aliphatic carboxylic acids is 1. The van der Waals surface area contributed by atoms with Crippen LogP contribution in [-0.2, 0) is 16.1 Å². The summed E-state index contributed by atoms with van der Waals surface area (Å²) < 4.78 is 0. The van der Waals surface area contributed by atoms with E-state index in [2.05, 4.69) is 17.0 Å². The molecule has 3 rings (SSSR count). The van der Waals surface area contributed by atoms with Crippen LogP contribution in [0.3, 0.4) is 0 Å². The van der Waals surface area contributed by atoms with Crippen LogP contribution in [0.2, 0.25) is 0 Å². The van der Waals surface area contributed by atoms with Gasteiger partial charge >= 0.3 is 5.97 Å². The van der Waals surface area contributed by atoms with Crippen molar-refractivity contribution >= 4 is 11.9 Å². The Balaban J connectivity index is 1.70. The van der Waals surface area contributed by atoms with Crippen molar-refractivity contribution in [2.45, 2.75) is 45.2 Å². The average Bonchev–Trinajstić information content (AvgIpc) is 2.62. The van der Waals surface area contributed by atoms with Crippen molar-refractivity contribution in [1.29, 1.82) is 0 Å². The summed E-state index contributed by atoms with van der Waals surface area (Å²) in [7, 11) is 0. The van der Waals surface area contributed by atoms with Crippen LogP contribution in [0.15, 0.2) is 30.3 Å². The van der Waals surface area contributed by atoms with Crippen molar-refractivity contribution in [2.24, 2.45) is 11.8 Å². The Labute approximate surface area is 149 Å². The minimum absolute atomic E-state index is 0.117. The third-order valence-corrected chi connectivity index (χ3v) is 5.45.